The van der Waals surface area contributed by atoms with Crippen LogP contribution in [0.4, 0.5) is 5.69 Å². The summed E-state index contributed by atoms with van der Waals surface area (Å²) in [6.45, 7) is 2.72. The van der Waals surface area contributed by atoms with Crippen LogP contribution in [0.1, 0.15) is 12.5 Å². The van der Waals surface area contributed by atoms with Gasteiger partial charge in [0, 0.05) is 18.3 Å². The Bertz CT molecular complexity index is 632. The first-order valence-corrected chi connectivity index (χ1v) is 7.89. The van der Waals surface area contributed by atoms with E-state index < -0.39 is 5.72 Å². The highest BCUT2D eigenvalue weighted by Crippen LogP contribution is 2.39. The van der Waals surface area contributed by atoms with Crippen LogP contribution in [-0.2, 0) is 5.72 Å². The van der Waals surface area contributed by atoms with E-state index >= 15 is 0 Å². The maximum atomic E-state index is 11.1. The van der Waals surface area contributed by atoms with Gasteiger partial charge in [-0.3, -0.25) is 4.98 Å². The molecule has 0 radical (unpaired) electrons. The summed E-state index contributed by atoms with van der Waals surface area (Å²) in [7, 11) is 0. The van der Waals surface area contributed by atoms with Crippen molar-refractivity contribution in [3.63, 3.8) is 0 Å². The summed E-state index contributed by atoms with van der Waals surface area (Å²) in [6.07, 6.45) is 3.45. The highest BCUT2D eigenvalue weighted by molar-refractivity contribution is 8.14. The molecule has 1 aliphatic rings. The normalized spacial score (nSPS) is 23.7. The summed E-state index contributed by atoms with van der Waals surface area (Å²) in [4.78, 5) is 10.6. The zero-order valence-electron chi connectivity index (χ0n) is 11.8. The first-order valence-electron chi connectivity index (χ1n) is 6.91. The number of pyridine rings is 1. The Morgan fingerprint density at radius 2 is 2.10 bits per heavy atom. The quantitative estimate of drug-likeness (QED) is 0.946. The lowest BCUT2D eigenvalue weighted by Crippen LogP contribution is -2.44. The van der Waals surface area contributed by atoms with Gasteiger partial charge < -0.3 is 10.0 Å². The van der Waals surface area contributed by atoms with E-state index in [0.29, 0.717) is 12.3 Å². The third-order valence-electron chi connectivity index (χ3n) is 3.50. The average Bonchev–Trinajstić information content (AvgIpc) is 2.86. The molecule has 5 heteroatoms. The molecule has 0 saturated carbocycles. The zero-order valence-corrected chi connectivity index (χ0v) is 12.6. The number of aliphatic imine (C=N–C) groups is 1. The average molecular weight is 299 g/mol. The minimum atomic E-state index is -0.998. The summed E-state index contributed by atoms with van der Waals surface area (Å²) in [5, 5.41) is 11.9. The molecular formula is C16H17N3OS. The smallest absolute Gasteiger partial charge is 0.175 e. The molecule has 1 N–H and O–H groups in total. The molecule has 1 fully saturated rings. The van der Waals surface area contributed by atoms with Crippen LogP contribution in [0.15, 0.2) is 59.9 Å². The van der Waals surface area contributed by atoms with Gasteiger partial charge in [-0.15, -0.1) is 0 Å². The fourth-order valence-corrected chi connectivity index (χ4v) is 3.70. The van der Waals surface area contributed by atoms with Crippen molar-refractivity contribution in [1.29, 1.82) is 0 Å². The number of benzene rings is 1. The van der Waals surface area contributed by atoms with Gasteiger partial charge in [-0.2, -0.15) is 0 Å². The number of amidine groups is 1. The van der Waals surface area contributed by atoms with Gasteiger partial charge in [-0.05, 0) is 19.1 Å². The number of rotatable bonds is 3. The van der Waals surface area contributed by atoms with Crippen LogP contribution in [0.2, 0.25) is 0 Å². The second kappa shape index (κ2) is 5.87. The predicted octanol–water partition coefficient (Wildman–Crippen LogP) is 2.98. The summed E-state index contributed by atoms with van der Waals surface area (Å²) in [5.41, 5.74) is 0.702. The Kier molecular flexibility index (Phi) is 3.94. The molecular weight excluding hydrogens is 282 g/mol. The number of hydrogen-bond acceptors (Lipinski definition) is 4. The third-order valence-corrected chi connectivity index (χ3v) is 4.62. The van der Waals surface area contributed by atoms with E-state index in [-0.39, 0.29) is 0 Å². The van der Waals surface area contributed by atoms with Crippen molar-refractivity contribution in [2.24, 2.45) is 4.99 Å². The Morgan fingerprint density at radius 1 is 1.29 bits per heavy atom. The Morgan fingerprint density at radius 3 is 2.76 bits per heavy atom. The maximum absolute atomic E-state index is 11.1. The van der Waals surface area contributed by atoms with Gasteiger partial charge >= 0.3 is 0 Å². The number of hydrogen-bond donors (Lipinski definition) is 1. The molecule has 1 aliphatic heterocycles. The van der Waals surface area contributed by atoms with Crippen molar-refractivity contribution < 1.29 is 5.11 Å². The number of aromatic nitrogens is 1. The first kappa shape index (κ1) is 14.1. The molecule has 4 nitrogen and oxygen atoms in total. The van der Waals surface area contributed by atoms with Crippen molar-refractivity contribution in [1.82, 2.24) is 9.88 Å². The van der Waals surface area contributed by atoms with E-state index in [1.165, 1.54) is 0 Å². The maximum Gasteiger partial charge on any atom is 0.175 e. The molecule has 1 unspecified atom stereocenters. The molecule has 3 rings (SSSR count). The number of thioether (sulfide) groups is 1. The topological polar surface area (TPSA) is 48.7 Å². The fourth-order valence-electron chi connectivity index (χ4n) is 2.44. The lowest BCUT2D eigenvalue weighted by molar-refractivity contribution is -0.0452. The molecule has 1 aromatic carbocycles. The summed E-state index contributed by atoms with van der Waals surface area (Å²) < 4.78 is 0. The van der Waals surface area contributed by atoms with Gasteiger partial charge in [0.05, 0.1) is 17.6 Å². The Balaban J connectivity index is 1.95. The lowest BCUT2D eigenvalue weighted by Gasteiger charge is -2.33. The van der Waals surface area contributed by atoms with Crippen molar-refractivity contribution in [3.8, 4) is 0 Å². The minimum absolute atomic E-state index is 0.573. The Hall–Kier alpha value is -1.85. The van der Waals surface area contributed by atoms with E-state index in [1.807, 2.05) is 54.3 Å². The molecule has 0 spiro atoms. The predicted molar refractivity (Wildman–Crippen MR) is 86.5 cm³/mol. The molecule has 1 aromatic heterocycles. The molecule has 0 aliphatic carbocycles. The van der Waals surface area contributed by atoms with E-state index in [1.54, 1.807) is 24.2 Å². The van der Waals surface area contributed by atoms with E-state index in [9.17, 15) is 5.11 Å². The van der Waals surface area contributed by atoms with Crippen LogP contribution in [0.25, 0.3) is 0 Å². The van der Waals surface area contributed by atoms with Gasteiger partial charge in [0.1, 0.15) is 0 Å². The summed E-state index contributed by atoms with van der Waals surface area (Å²) in [6, 6.07) is 13.5. The Labute approximate surface area is 128 Å². The van der Waals surface area contributed by atoms with Gasteiger partial charge in [0.2, 0.25) is 0 Å². The second-order valence-electron chi connectivity index (χ2n) is 4.82. The van der Waals surface area contributed by atoms with E-state index in [2.05, 4.69) is 9.98 Å². The summed E-state index contributed by atoms with van der Waals surface area (Å²) in [5.74, 6) is 0.573. The molecule has 0 bridgehead atoms. The van der Waals surface area contributed by atoms with Gasteiger partial charge in [0.25, 0.3) is 0 Å². The van der Waals surface area contributed by atoms with Crippen molar-refractivity contribution >= 4 is 22.6 Å². The molecule has 108 valence electrons. The second-order valence-corrected chi connectivity index (χ2v) is 5.76. The molecule has 1 atom stereocenters. The van der Waals surface area contributed by atoms with E-state index in [0.717, 1.165) is 16.4 Å². The standard InChI is InChI=1S/C16H17N3OS/c1-2-19-15(18-14-9-6-10-17-11-14)21-12-16(19,20)13-7-4-3-5-8-13/h3-11,20H,2,12H2,1H3. The molecule has 0 amide bonds. The zero-order chi connectivity index (χ0) is 14.7. The fraction of sp³-hybridized carbons (Fsp3) is 0.250. The van der Waals surface area contributed by atoms with E-state index in [4.69, 9.17) is 0 Å². The number of nitrogens with zero attached hydrogens (tertiary/aromatic N) is 3. The first-order chi connectivity index (χ1) is 10.2. The third kappa shape index (κ3) is 2.66. The summed E-state index contributed by atoms with van der Waals surface area (Å²) >= 11 is 1.57. The number of aliphatic hydroxyl groups is 1. The monoisotopic (exact) mass is 299 g/mol. The van der Waals surface area contributed by atoms with Gasteiger partial charge in [-0.1, -0.05) is 42.1 Å². The van der Waals surface area contributed by atoms with Crippen LogP contribution in [-0.4, -0.2) is 32.5 Å². The van der Waals surface area contributed by atoms with Crippen LogP contribution >= 0.6 is 11.8 Å². The highest BCUT2D eigenvalue weighted by Gasteiger charge is 2.43. The minimum Gasteiger partial charge on any atom is -0.366 e. The largest absolute Gasteiger partial charge is 0.366 e. The highest BCUT2D eigenvalue weighted by atomic mass is 32.2. The van der Waals surface area contributed by atoms with Crippen molar-refractivity contribution in [2.45, 2.75) is 12.6 Å². The van der Waals surface area contributed by atoms with Crippen LogP contribution in [0.5, 0.6) is 0 Å². The van der Waals surface area contributed by atoms with Gasteiger partial charge in [-0.25, -0.2) is 4.99 Å². The SMILES string of the molecule is CCN1C(=Nc2cccnc2)SCC1(O)c1ccccc1. The lowest BCUT2D eigenvalue weighted by atomic mass is 10.0. The van der Waals surface area contributed by atoms with Crippen LogP contribution in [0.3, 0.4) is 0 Å². The molecule has 2 heterocycles. The molecule has 2 aromatic rings. The van der Waals surface area contributed by atoms with Crippen molar-refractivity contribution in [2.75, 3.05) is 12.3 Å². The van der Waals surface area contributed by atoms with Crippen molar-refractivity contribution in [3.05, 3.63) is 60.4 Å². The molecule has 1 saturated heterocycles. The van der Waals surface area contributed by atoms with Gasteiger partial charge in [0.15, 0.2) is 10.9 Å². The van der Waals surface area contributed by atoms with Crippen LogP contribution < -0.4 is 0 Å². The van der Waals surface area contributed by atoms with Crippen LogP contribution in [0, 0.1) is 0 Å². The molecule has 21 heavy (non-hydrogen) atoms.